The van der Waals surface area contributed by atoms with Gasteiger partial charge in [0, 0.05) is 18.5 Å². The highest BCUT2D eigenvalue weighted by Gasteiger charge is 2.32. The number of ether oxygens (including phenoxy) is 2. The van der Waals surface area contributed by atoms with Gasteiger partial charge in [-0.3, -0.25) is 0 Å². The van der Waals surface area contributed by atoms with Gasteiger partial charge in [-0.15, -0.1) is 0 Å². The van der Waals surface area contributed by atoms with Gasteiger partial charge in [0.05, 0.1) is 23.9 Å². The summed E-state index contributed by atoms with van der Waals surface area (Å²) in [4.78, 5) is 7.67. The molecule has 0 amide bonds. The molecule has 150 valence electrons. The molecule has 1 saturated carbocycles. The number of aromatic nitrogens is 2. The zero-order valence-corrected chi connectivity index (χ0v) is 16.3. The molecule has 0 radical (unpaired) electrons. The van der Waals surface area contributed by atoms with Crippen LogP contribution in [0.3, 0.4) is 0 Å². The van der Waals surface area contributed by atoms with Crippen molar-refractivity contribution >= 4 is 29.1 Å². The number of anilines is 3. The molecule has 3 N–H and O–H groups in total. The Morgan fingerprint density at radius 2 is 1.93 bits per heavy atom. The highest BCUT2D eigenvalue weighted by molar-refractivity contribution is 6.32. The van der Waals surface area contributed by atoms with Crippen LogP contribution in [0.2, 0.25) is 5.02 Å². The van der Waals surface area contributed by atoms with E-state index in [0.717, 1.165) is 24.6 Å². The molecule has 0 saturated heterocycles. The number of hydrogen-bond acceptors (Lipinski definition) is 6. The maximum absolute atomic E-state index is 13.2. The number of benzene rings is 2. The lowest BCUT2D eigenvalue weighted by molar-refractivity contribution is -0.0683. The third-order valence-corrected chi connectivity index (χ3v) is 4.93. The second-order valence-electron chi connectivity index (χ2n) is 6.83. The molecule has 1 aromatic heterocycles. The van der Waals surface area contributed by atoms with Crippen molar-refractivity contribution in [1.82, 2.24) is 9.97 Å². The summed E-state index contributed by atoms with van der Waals surface area (Å²) in [7, 11) is 0. The number of nitrogens with two attached hydrogens (primary N) is 1. The lowest BCUT2D eigenvalue weighted by Crippen LogP contribution is -2.39. The maximum atomic E-state index is 13.2. The summed E-state index contributed by atoms with van der Waals surface area (Å²) < 4.78 is 25.0. The second-order valence-corrected chi connectivity index (χ2v) is 7.23. The van der Waals surface area contributed by atoms with E-state index in [1.807, 2.05) is 30.3 Å². The van der Waals surface area contributed by atoms with Crippen LogP contribution in [-0.2, 0) is 11.3 Å². The normalized spacial score (nSPS) is 18.1. The summed E-state index contributed by atoms with van der Waals surface area (Å²) in [5.41, 5.74) is 7.25. The third kappa shape index (κ3) is 4.93. The Hall–Kier alpha value is -2.90. The monoisotopic (exact) mass is 414 g/mol. The largest absolute Gasteiger partial charge is 0.489 e. The lowest BCUT2D eigenvalue weighted by Gasteiger charge is -2.35. The Kier molecular flexibility index (Phi) is 5.78. The molecule has 0 bridgehead atoms. The van der Waals surface area contributed by atoms with Gasteiger partial charge in [-0.1, -0.05) is 41.9 Å². The number of nitrogens with zero attached hydrogens (tertiary/aromatic N) is 2. The fourth-order valence-electron chi connectivity index (χ4n) is 2.96. The van der Waals surface area contributed by atoms with E-state index in [2.05, 4.69) is 15.3 Å². The smallest absolute Gasteiger partial charge is 0.229 e. The van der Waals surface area contributed by atoms with E-state index in [-0.39, 0.29) is 24.0 Å². The molecule has 1 heterocycles. The molecule has 1 aliphatic rings. The van der Waals surface area contributed by atoms with Gasteiger partial charge >= 0.3 is 0 Å². The quantitative estimate of drug-likeness (QED) is 0.582. The van der Waals surface area contributed by atoms with E-state index < -0.39 is 5.82 Å². The van der Waals surface area contributed by atoms with Gasteiger partial charge < -0.3 is 20.5 Å². The minimum atomic E-state index is -0.663. The van der Waals surface area contributed by atoms with Gasteiger partial charge in [0.25, 0.3) is 0 Å². The first kappa shape index (κ1) is 19.4. The summed E-state index contributed by atoms with van der Waals surface area (Å²) in [5.74, 6) is -0.0965. The fourth-order valence-corrected chi connectivity index (χ4v) is 3.19. The molecule has 0 unspecified atom stereocenters. The number of rotatable bonds is 7. The first-order valence-electron chi connectivity index (χ1n) is 9.23. The molecular weight excluding hydrogens is 395 g/mol. The average molecular weight is 415 g/mol. The zero-order chi connectivity index (χ0) is 20.2. The van der Waals surface area contributed by atoms with Crippen molar-refractivity contribution in [2.45, 2.75) is 31.7 Å². The van der Waals surface area contributed by atoms with Gasteiger partial charge in [0.2, 0.25) is 5.95 Å². The molecule has 2 aromatic carbocycles. The van der Waals surface area contributed by atoms with Gasteiger partial charge in [0.15, 0.2) is 11.6 Å². The van der Waals surface area contributed by atoms with Gasteiger partial charge in [-0.25, -0.2) is 9.37 Å². The Morgan fingerprint density at radius 1 is 1.14 bits per heavy atom. The van der Waals surface area contributed by atoms with Gasteiger partial charge in [0.1, 0.15) is 11.9 Å². The summed E-state index contributed by atoms with van der Waals surface area (Å²) in [6.07, 6.45) is 2.93. The predicted octanol–water partition coefficient (Wildman–Crippen LogP) is 4.72. The lowest BCUT2D eigenvalue weighted by atomic mass is 9.92. The fraction of sp³-hybridized carbons (Fsp3) is 0.238. The topological polar surface area (TPSA) is 82.3 Å². The molecule has 3 aromatic rings. The van der Waals surface area contributed by atoms with Crippen molar-refractivity contribution in [1.29, 1.82) is 0 Å². The predicted molar refractivity (Wildman–Crippen MR) is 110 cm³/mol. The van der Waals surface area contributed by atoms with E-state index >= 15 is 0 Å². The van der Waals surface area contributed by atoms with Crippen molar-refractivity contribution in [3.8, 4) is 5.75 Å². The second kappa shape index (κ2) is 8.63. The third-order valence-electron chi connectivity index (χ3n) is 4.63. The van der Waals surface area contributed by atoms with E-state index in [0.29, 0.717) is 23.1 Å². The highest BCUT2D eigenvalue weighted by atomic mass is 35.5. The minimum absolute atomic E-state index is 0.0762. The van der Waals surface area contributed by atoms with Crippen LogP contribution in [0.5, 0.6) is 5.75 Å². The molecule has 6 nitrogen and oxygen atoms in total. The first-order chi connectivity index (χ1) is 14.1. The molecule has 1 aliphatic carbocycles. The Morgan fingerprint density at radius 3 is 2.66 bits per heavy atom. The molecule has 4 rings (SSSR count). The van der Waals surface area contributed by atoms with E-state index in [4.69, 9.17) is 26.8 Å². The van der Waals surface area contributed by atoms with Crippen molar-refractivity contribution in [3.05, 3.63) is 71.1 Å². The van der Waals surface area contributed by atoms with E-state index in [9.17, 15) is 4.39 Å². The molecule has 0 spiro atoms. The van der Waals surface area contributed by atoms with Crippen LogP contribution in [-0.4, -0.2) is 22.2 Å². The van der Waals surface area contributed by atoms with Crippen molar-refractivity contribution in [2.24, 2.45) is 0 Å². The van der Waals surface area contributed by atoms with Crippen molar-refractivity contribution < 1.29 is 13.9 Å². The molecule has 0 aliphatic heterocycles. The van der Waals surface area contributed by atoms with Crippen LogP contribution in [0.25, 0.3) is 0 Å². The zero-order valence-electron chi connectivity index (χ0n) is 15.5. The average Bonchev–Trinajstić information content (AvgIpc) is 2.69. The summed E-state index contributed by atoms with van der Waals surface area (Å²) in [6.45, 7) is 0.606. The van der Waals surface area contributed by atoms with Crippen LogP contribution < -0.4 is 15.8 Å². The molecular formula is C21H20ClFN4O2. The van der Waals surface area contributed by atoms with Crippen LogP contribution in [0.1, 0.15) is 18.4 Å². The molecule has 1 fully saturated rings. The molecule has 8 heteroatoms. The Labute approximate surface area is 172 Å². The van der Waals surface area contributed by atoms with Crippen molar-refractivity contribution in [3.63, 3.8) is 0 Å². The first-order valence-corrected chi connectivity index (χ1v) is 9.61. The standard InChI is InChI=1S/C21H20ClFN4O2/c22-17-8-14(26-21-25-11-18(23)20(24)27-21)6-7-19(17)29-16-9-15(10-16)28-12-13-4-2-1-3-5-13/h1-8,11,15-16H,9-10,12H2,(H3,24,25,26,27). The van der Waals surface area contributed by atoms with Crippen LogP contribution in [0.15, 0.2) is 54.7 Å². The minimum Gasteiger partial charge on any atom is -0.489 e. The van der Waals surface area contributed by atoms with Crippen molar-refractivity contribution in [2.75, 3.05) is 11.1 Å². The SMILES string of the molecule is Nc1nc(Nc2ccc(OC3CC(OCc4ccccc4)C3)c(Cl)c2)ncc1F. The van der Waals surface area contributed by atoms with Gasteiger partial charge in [-0.05, 0) is 23.8 Å². The Balaban J connectivity index is 1.27. The van der Waals surface area contributed by atoms with Crippen LogP contribution in [0.4, 0.5) is 21.8 Å². The van der Waals surface area contributed by atoms with Crippen LogP contribution >= 0.6 is 11.6 Å². The van der Waals surface area contributed by atoms with Gasteiger partial charge in [-0.2, -0.15) is 4.98 Å². The summed E-state index contributed by atoms with van der Waals surface area (Å²) >= 11 is 6.33. The Bertz CT molecular complexity index is 984. The highest BCUT2D eigenvalue weighted by Crippen LogP contribution is 2.34. The summed E-state index contributed by atoms with van der Waals surface area (Å²) in [6, 6.07) is 15.3. The molecule has 29 heavy (non-hydrogen) atoms. The number of nitrogens with one attached hydrogen (secondary N) is 1. The van der Waals surface area contributed by atoms with E-state index in [1.54, 1.807) is 18.2 Å². The van der Waals surface area contributed by atoms with Crippen LogP contribution in [0, 0.1) is 5.82 Å². The number of halogens is 2. The number of hydrogen-bond donors (Lipinski definition) is 2. The molecule has 0 atom stereocenters. The van der Waals surface area contributed by atoms with E-state index in [1.165, 1.54) is 0 Å². The number of nitrogen functional groups attached to an aromatic ring is 1. The maximum Gasteiger partial charge on any atom is 0.229 e. The summed E-state index contributed by atoms with van der Waals surface area (Å²) in [5, 5.41) is 3.39.